The summed E-state index contributed by atoms with van der Waals surface area (Å²) in [4.78, 5) is 5.13. The van der Waals surface area contributed by atoms with E-state index in [4.69, 9.17) is 0 Å². The van der Waals surface area contributed by atoms with E-state index in [9.17, 15) is 8.78 Å². The predicted octanol–water partition coefficient (Wildman–Crippen LogP) is 5.06. The average Bonchev–Trinajstić information content (AvgIpc) is 2.98. The van der Waals surface area contributed by atoms with Crippen LogP contribution in [0, 0.1) is 11.6 Å². The van der Waals surface area contributed by atoms with Crippen molar-refractivity contribution in [3.8, 4) is 11.3 Å². The second-order valence-electron chi connectivity index (χ2n) is 5.11. The minimum atomic E-state index is -0.654. The molecule has 2 aromatic carbocycles. The van der Waals surface area contributed by atoms with Gasteiger partial charge >= 0.3 is 0 Å². The first-order valence-electron chi connectivity index (χ1n) is 7.55. The van der Waals surface area contributed by atoms with E-state index in [0.717, 1.165) is 21.8 Å². The summed E-state index contributed by atoms with van der Waals surface area (Å²) in [5.74, 6) is -1.27. The molecule has 0 saturated heterocycles. The monoisotopic (exact) mass is 421 g/mol. The zero-order valence-corrected chi connectivity index (χ0v) is 15.7. The van der Waals surface area contributed by atoms with Gasteiger partial charge in [0.15, 0.2) is 0 Å². The fourth-order valence-electron chi connectivity index (χ4n) is 2.20. The molecule has 0 aliphatic heterocycles. The first kappa shape index (κ1) is 17.7. The first-order valence-corrected chi connectivity index (χ1v) is 9.22. The lowest BCUT2D eigenvalue weighted by molar-refractivity contribution is 0.582. The van der Waals surface area contributed by atoms with Gasteiger partial charge in [0.1, 0.15) is 11.6 Å². The molecule has 128 valence electrons. The molecule has 0 radical (unpaired) electrons. The van der Waals surface area contributed by atoms with Crippen molar-refractivity contribution < 1.29 is 8.78 Å². The fourth-order valence-corrected chi connectivity index (χ4v) is 3.37. The van der Waals surface area contributed by atoms with Crippen LogP contribution in [0.5, 0.6) is 0 Å². The van der Waals surface area contributed by atoms with E-state index in [1.165, 1.54) is 29.7 Å². The normalized spacial score (nSPS) is 12.2. The molecular formula is C18H14BrF2N3S. The summed E-state index contributed by atoms with van der Waals surface area (Å²) in [6.45, 7) is 2.55. The largest absolute Gasteiger partial charge is 0.258 e. The Bertz CT molecular complexity index is 975. The van der Waals surface area contributed by atoms with Crippen molar-refractivity contribution in [3.05, 3.63) is 74.3 Å². The number of benzene rings is 2. The summed E-state index contributed by atoms with van der Waals surface area (Å²) in [6.07, 6.45) is 1.37. The summed E-state index contributed by atoms with van der Waals surface area (Å²) in [7, 11) is 0. The molecule has 3 nitrogen and oxygen atoms in total. The van der Waals surface area contributed by atoms with Crippen molar-refractivity contribution >= 4 is 33.5 Å². The lowest BCUT2D eigenvalue weighted by Gasteiger charge is -2.04. The van der Waals surface area contributed by atoms with Gasteiger partial charge in [-0.25, -0.2) is 13.5 Å². The van der Waals surface area contributed by atoms with Crippen molar-refractivity contribution in [3.63, 3.8) is 0 Å². The number of halogens is 3. The minimum absolute atomic E-state index is 0.212. The molecule has 7 heteroatoms. The van der Waals surface area contributed by atoms with Crippen LogP contribution in [0.1, 0.15) is 12.5 Å². The number of nitrogens with zero attached hydrogens (tertiary/aromatic N) is 3. The van der Waals surface area contributed by atoms with Gasteiger partial charge in [-0.3, -0.25) is 4.99 Å². The van der Waals surface area contributed by atoms with Crippen molar-refractivity contribution in [2.45, 2.75) is 6.92 Å². The van der Waals surface area contributed by atoms with Crippen molar-refractivity contribution in [2.24, 2.45) is 10.1 Å². The molecule has 0 unspecified atom stereocenters. The second-order valence-corrected chi connectivity index (χ2v) is 6.86. The Morgan fingerprint density at radius 1 is 1.16 bits per heavy atom. The number of hydrogen-bond donors (Lipinski definition) is 0. The second kappa shape index (κ2) is 7.84. The van der Waals surface area contributed by atoms with Crippen LogP contribution >= 0.6 is 27.3 Å². The Morgan fingerprint density at radius 2 is 1.92 bits per heavy atom. The highest BCUT2D eigenvalue weighted by atomic mass is 79.9. The molecule has 25 heavy (non-hydrogen) atoms. The van der Waals surface area contributed by atoms with Crippen LogP contribution in [0.25, 0.3) is 11.3 Å². The van der Waals surface area contributed by atoms with E-state index in [1.54, 1.807) is 4.68 Å². The molecule has 0 bridgehead atoms. The van der Waals surface area contributed by atoms with Gasteiger partial charge in [-0.2, -0.15) is 5.10 Å². The summed E-state index contributed by atoms with van der Waals surface area (Å²) in [5, 5.41) is 6.33. The van der Waals surface area contributed by atoms with Crippen LogP contribution in [-0.4, -0.2) is 17.4 Å². The zero-order chi connectivity index (χ0) is 17.8. The van der Waals surface area contributed by atoms with Crippen LogP contribution in [0.15, 0.2) is 62.4 Å². The van der Waals surface area contributed by atoms with Gasteiger partial charge in [0.25, 0.3) is 0 Å². The van der Waals surface area contributed by atoms with Gasteiger partial charge < -0.3 is 0 Å². The van der Waals surface area contributed by atoms with Crippen LogP contribution in [0.3, 0.4) is 0 Å². The van der Waals surface area contributed by atoms with E-state index >= 15 is 0 Å². The zero-order valence-electron chi connectivity index (χ0n) is 13.3. The summed E-state index contributed by atoms with van der Waals surface area (Å²) >= 11 is 4.88. The molecule has 1 heterocycles. The molecule has 3 aromatic rings. The Labute approximate surface area is 156 Å². The highest BCUT2D eigenvalue weighted by Gasteiger charge is 2.08. The molecule has 0 saturated carbocycles. The average molecular weight is 422 g/mol. The lowest BCUT2D eigenvalue weighted by atomic mass is 10.2. The van der Waals surface area contributed by atoms with Crippen LogP contribution in [-0.2, 0) is 0 Å². The summed E-state index contributed by atoms with van der Waals surface area (Å²) in [5.41, 5.74) is 2.03. The molecule has 0 N–H and O–H groups in total. The predicted molar refractivity (Wildman–Crippen MR) is 101 cm³/mol. The SMILES string of the molecule is CCN=c1scc(-c2ccc(Br)cc2)n1N=Cc1ccc(F)cc1F. The van der Waals surface area contributed by atoms with Crippen molar-refractivity contribution in [1.29, 1.82) is 0 Å². The van der Waals surface area contributed by atoms with Crippen molar-refractivity contribution in [1.82, 2.24) is 4.68 Å². The van der Waals surface area contributed by atoms with Crippen LogP contribution in [0.4, 0.5) is 8.78 Å². The Kier molecular flexibility index (Phi) is 5.55. The third-order valence-corrected chi connectivity index (χ3v) is 4.78. The van der Waals surface area contributed by atoms with Gasteiger partial charge in [0.05, 0.1) is 11.9 Å². The molecule has 0 atom stereocenters. The quantitative estimate of drug-likeness (QED) is 0.527. The topological polar surface area (TPSA) is 29.6 Å². The molecule has 1 aromatic heterocycles. The lowest BCUT2D eigenvalue weighted by Crippen LogP contribution is -2.12. The summed E-state index contributed by atoms with van der Waals surface area (Å²) in [6, 6.07) is 11.2. The number of aromatic nitrogens is 1. The smallest absolute Gasteiger partial charge is 0.206 e. The molecule has 0 amide bonds. The standard InChI is InChI=1S/C18H14BrF2N3S/c1-2-22-18-24(23-10-13-5-8-15(20)9-16(13)21)17(11-25-18)12-3-6-14(19)7-4-12/h3-11H,2H2,1H3. The van der Waals surface area contributed by atoms with Gasteiger partial charge in [-0.05, 0) is 31.2 Å². The summed E-state index contributed by atoms with van der Waals surface area (Å²) < 4.78 is 29.5. The molecule has 0 fully saturated rings. The molecule has 3 rings (SSSR count). The maximum Gasteiger partial charge on any atom is 0.206 e. The highest BCUT2D eigenvalue weighted by Crippen LogP contribution is 2.22. The Morgan fingerprint density at radius 3 is 2.60 bits per heavy atom. The maximum atomic E-state index is 13.8. The first-order chi connectivity index (χ1) is 12.1. The van der Waals surface area contributed by atoms with E-state index in [-0.39, 0.29) is 5.56 Å². The number of rotatable bonds is 4. The third-order valence-electron chi connectivity index (χ3n) is 3.39. The van der Waals surface area contributed by atoms with Gasteiger partial charge in [-0.1, -0.05) is 28.1 Å². The fraction of sp³-hybridized carbons (Fsp3) is 0.111. The number of thiazole rings is 1. The minimum Gasteiger partial charge on any atom is -0.258 e. The third kappa shape index (κ3) is 4.11. The molecule has 0 spiro atoms. The van der Waals surface area contributed by atoms with Gasteiger partial charge in [-0.15, -0.1) is 11.3 Å². The van der Waals surface area contributed by atoms with E-state index in [2.05, 4.69) is 26.0 Å². The van der Waals surface area contributed by atoms with E-state index < -0.39 is 11.6 Å². The molecule has 0 aliphatic carbocycles. The number of hydrogen-bond acceptors (Lipinski definition) is 3. The Hall–Kier alpha value is -2.12. The van der Waals surface area contributed by atoms with E-state index in [0.29, 0.717) is 11.3 Å². The van der Waals surface area contributed by atoms with Crippen LogP contribution in [0.2, 0.25) is 0 Å². The molecular weight excluding hydrogens is 408 g/mol. The van der Waals surface area contributed by atoms with Crippen molar-refractivity contribution in [2.75, 3.05) is 6.54 Å². The van der Waals surface area contributed by atoms with Crippen LogP contribution < -0.4 is 4.80 Å². The van der Waals surface area contributed by atoms with Gasteiger partial charge in [0.2, 0.25) is 4.80 Å². The van der Waals surface area contributed by atoms with Gasteiger partial charge in [0, 0.05) is 33.6 Å². The highest BCUT2D eigenvalue weighted by molar-refractivity contribution is 9.10. The molecule has 0 aliphatic rings. The Balaban J connectivity index is 2.07. The maximum absolute atomic E-state index is 13.8. The van der Waals surface area contributed by atoms with E-state index in [1.807, 2.05) is 36.6 Å².